The molecule has 0 aliphatic carbocycles. The number of aliphatic hydroxyl groups is 2. The van der Waals surface area contributed by atoms with Crippen LogP contribution < -0.4 is 16.7 Å². The van der Waals surface area contributed by atoms with Crippen LogP contribution in [0.2, 0.25) is 0 Å². The van der Waals surface area contributed by atoms with E-state index < -0.39 is 47.8 Å². The van der Waals surface area contributed by atoms with Gasteiger partial charge in [-0.3, -0.25) is 4.57 Å². The van der Waals surface area contributed by atoms with E-state index in [1.54, 1.807) is 20.8 Å². The number of hydrogen-bond donors (Lipinski definition) is 5. The molecule has 6 N–H and O–H groups in total. The minimum atomic E-state index is -1.13. The fourth-order valence-electron chi connectivity index (χ4n) is 3.24. The molecule has 200 valence electrons. The topological polar surface area (TPSA) is 186 Å². The largest absolute Gasteiger partial charge is 0.480 e. The van der Waals surface area contributed by atoms with E-state index >= 15 is 0 Å². The van der Waals surface area contributed by atoms with Crippen molar-refractivity contribution in [1.29, 1.82) is 0 Å². The number of aromatic nitrogens is 2. The van der Waals surface area contributed by atoms with Gasteiger partial charge in [-0.05, 0) is 39.4 Å². The summed E-state index contributed by atoms with van der Waals surface area (Å²) in [7, 11) is 0. The Morgan fingerprint density at radius 3 is 2.75 bits per heavy atom. The highest BCUT2D eigenvalue weighted by Gasteiger charge is 2.35. The van der Waals surface area contributed by atoms with Crippen LogP contribution in [0, 0.1) is 11.8 Å². The maximum atomic E-state index is 12.2. The SMILES string of the molecule is CC(C)(C)OC(=O)NC(CSCCCCC#Cc1cn([C@H]2CC(O)[C@@H](CO)O2)c(=O)nc1N)C(=O)O. The van der Waals surface area contributed by atoms with Gasteiger partial charge in [0.15, 0.2) is 0 Å². The second kappa shape index (κ2) is 13.5. The molecule has 0 saturated carbocycles. The molecule has 12 nitrogen and oxygen atoms in total. The van der Waals surface area contributed by atoms with Crippen LogP contribution in [0.5, 0.6) is 0 Å². The van der Waals surface area contributed by atoms with Gasteiger partial charge in [0.2, 0.25) is 0 Å². The van der Waals surface area contributed by atoms with Crippen LogP contribution in [0.25, 0.3) is 0 Å². The zero-order chi connectivity index (χ0) is 26.9. The number of aliphatic carboxylic acids is 1. The Labute approximate surface area is 213 Å². The number of carboxylic acids is 1. The highest BCUT2D eigenvalue weighted by Crippen LogP contribution is 2.27. The number of carbonyl (C=O) groups excluding carboxylic acids is 1. The molecule has 0 spiro atoms. The predicted octanol–water partition coefficient (Wildman–Crippen LogP) is 0.699. The van der Waals surface area contributed by atoms with Gasteiger partial charge in [-0.25, -0.2) is 14.4 Å². The van der Waals surface area contributed by atoms with Gasteiger partial charge < -0.3 is 35.8 Å². The quantitative estimate of drug-likeness (QED) is 0.213. The lowest BCUT2D eigenvalue weighted by Crippen LogP contribution is -2.45. The number of alkyl carbamates (subject to hydrolysis) is 1. The van der Waals surface area contributed by atoms with Crippen molar-refractivity contribution in [2.24, 2.45) is 0 Å². The predicted molar refractivity (Wildman–Crippen MR) is 133 cm³/mol. The first kappa shape index (κ1) is 29.4. The highest BCUT2D eigenvalue weighted by molar-refractivity contribution is 7.99. The number of carboxylic acid groups (broad SMARTS) is 1. The molecule has 1 amide bonds. The number of rotatable bonds is 10. The van der Waals surface area contributed by atoms with Gasteiger partial charge in [0.05, 0.1) is 18.3 Å². The van der Waals surface area contributed by atoms with Crippen molar-refractivity contribution >= 4 is 29.6 Å². The van der Waals surface area contributed by atoms with Crippen LogP contribution in [-0.4, -0.2) is 78.9 Å². The molecular formula is C23H34N4O8S. The normalized spacial score (nSPS) is 20.3. The summed E-state index contributed by atoms with van der Waals surface area (Å²) in [6, 6.07) is -1.05. The number of nitrogen functional groups attached to an aromatic ring is 1. The van der Waals surface area contributed by atoms with Gasteiger partial charge in [0.1, 0.15) is 29.8 Å². The lowest BCUT2D eigenvalue weighted by Gasteiger charge is -2.21. The summed E-state index contributed by atoms with van der Waals surface area (Å²) in [4.78, 5) is 39.1. The third-order valence-corrected chi connectivity index (χ3v) is 6.16. The first-order valence-electron chi connectivity index (χ1n) is 11.5. The van der Waals surface area contributed by atoms with E-state index in [9.17, 15) is 29.7 Å². The number of nitrogens with zero attached hydrogens (tertiary/aromatic N) is 2. The van der Waals surface area contributed by atoms with E-state index in [0.717, 1.165) is 12.8 Å². The average Bonchev–Trinajstić information content (AvgIpc) is 3.14. The Morgan fingerprint density at radius 1 is 1.42 bits per heavy atom. The summed E-state index contributed by atoms with van der Waals surface area (Å²) in [5.41, 5.74) is 4.83. The van der Waals surface area contributed by atoms with Crippen molar-refractivity contribution in [2.75, 3.05) is 23.8 Å². The summed E-state index contributed by atoms with van der Waals surface area (Å²) in [5, 5.41) is 30.8. The Balaban J connectivity index is 1.79. The van der Waals surface area contributed by atoms with Crippen LogP contribution in [-0.2, 0) is 14.3 Å². The van der Waals surface area contributed by atoms with E-state index in [2.05, 4.69) is 22.1 Å². The molecular weight excluding hydrogens is 492 g/mol. The molecule has 36 heavy (non-hydrogen) atoms. The molecule has 1 aromatic heterocycles. The van der Waals surface area contributed by atoms with E-state index in [-0.39, 0.29) is 24.6 Å². The Bertz CT molecular complexity index is 1030. The zero-order valence-electron chi connectivity index (χ0n) is 20.6. The van der Waals surface area contributed by atoms with Gasteiger partial charge in [-0.1, -0.05) is 11.8 Å². The first-order valence-corrected chi connectivity index (χ1v) is 12.7. The van der Waals surface area contributed by atoms with Gasteiger partial charge in [-0.2, -0.15) is 16.7 Å². The van der Waals surface area contributed by atoms with Crippen LogP contribution in [0.15, 0.2) is 11.0 Å². The summed E-state index contributed by atoms with van der Waals surface area (Å²) in [6.07, 6.45) is 0.447. The summed E-state index contributed by atoms with van der Waals surface area (Å²) < 4.78 is 11.8. The van der Waals surface area contributed by atoms with E-state index in [1.165, 1.54) is 22.5 Å². The van der Waals surface area contributed by atoms with Crippen LogP contribution in [0.3, 0.4) is 0 Å². The maximum absolute atomic E-state index is 12.2. The fraction of sp³-hybridized carbons (Fsp3) is 0.652. The number of amides is 1. The lowest BCUT2D eigenvalue weighted by molar-refractivity contribution is -0.138. The second-order valence-electron chi connectivity index (χ2n) is 9.22. The van der Waals surface area contributed by atoms with Crippen molar-refractivity contribution < 1.29 is 34.4 Å². The molecule has 1 fully saturated rings. The molecule has 2 rings (SSSR count). The van der Waals surface area contributed by atoms with E-state index in [0.29, 0.717) is 17.7 Å². The van der Waals surface area contributed by atoms with Crippen LogP contribution in [0.1, 0.15) is 58.2 Å². The number of nitrogens with two attached hydrogens (primary N) is 1. The van der Waals surface area contributed by atoms with Crippen LogP contribution in [0.4, 0.5) is 10.6 Å². The van der Waals surface area contributed by atoms with Gasteiger partial charge in [0.25, 0.3) is 0 Å². The molecule has 2 heterocycles. The lowest BCUT2D eigenvalue weighted by atomic mass is 10.2. The number of hydrogen-bond acceptors (Lipinski definition) is 10. The smallest absolute Gasteiger partial charge is 0.408 e. The van der Waals surface area contributed by atoms with Crippen molar-refractivity contribution in [2.45, 2.75) is 76.5 Å². The number of ether oxygens (including phenoxy) is 2. The molecule has 13 heteroatoms. The molecule has 0 radical (unpaired) electrons. The summed E-state index contributed by atoms with van der Waals surface area (Å²) in [6.45, 7) is 4.73. The standard InChI is InChI=1S/C23H34N4O8S/c1-23(2,3)35-22(33)25-15(20(30)31)13-36-9-7-5-4-6-8-14-11-27(21(32)26-19(14)24)18-10-16(29)17(12-28)34-18/h11,15-18,28-29H,4-5,7,9-10,12-13H2,1-3H3,(H,25,33)(H,30,31)(H2,24,26,32)/t15?,16?,17-,18-/m1/s1. The molecule has 2 unspecified atom stereocenters. The summed E-state index contributed by atoms with van der Waals surface area (Å²) >= 11 is 1.41. The van der Waals surface area contributed by atoms with Crippen LogP contribution >= 0.6 is 11.8 Å². The van der Waals surface area contributed by atoms with Gasteiger partial charge >= 0.3 is 17.8 Å². The fourth-order valence-corrected chi connectivity index (χ4v) is 4.27. The zero-order valence-corrected chi connectivity index (χ0v) is 21.4. The third-order valence-electron chi connectivity index (χ3n) is 5.01. The van der Waals surface area contributed by atoms with Crippen molar-refractivity contribution in [3.05, 3.63) is 22.2 Å². The number of carbonyl (C=O) groups is 2. The van der Waals surface area contributed by atoms with Crippen molar-refractivity contribution in [1.82, 2.24) is 14.9 Å². The molecule has 1 aliphatic heterocycles. The third kappa shape index (κ3) is 9.34. The molecule has 1 aromatic rings. The molecule has 0 aromatic carbocycles. The Morgan fingerprint density at radius 2 is 2.14 bits per heavy atom. The molecule has 0 bridgehead atoms. The van der Waals surface area contributed by atoms with Crippen molar-refractivity contribution in [3.63, 3.8) is 0 Å². The maximum Gasteiger partial charge on any atom is 0.408 e. The number of unbranched alkanes of at least 4 members (excludes halogenated alkanes) is 2. The highest BCUT2D eigenvalue weighted by atomic mass is 32.2. The number of thioether (sulfide) groups is 1. The molecule has 1 saturated heterocycles. The average molecular weight is 527 g/mol. The second-order valence-corrected chi connectivity index (χ2v) is 10.4. The number of nitrogens with one attached hydrogen (secondary N) is 1. The molecule has 1 aliphatic rings. The van der Waals surface area contributed by atoms with Gasteiger partial charge in [-0.15, -0.1) is 0 Å². The van der Waals surface area contributed by atoms with E-state index in [4.69, 9.17) is 15.2 Å². The monoisotopic (exact) mass is 526 g/mol. The van der Waals surface area contributed by atoms with Crippen molar-refractivity contribution in [3.8, 4) is 11.8 Å². The molecule has 4 atom stereocenters. The van der Waals surface area contributed by atoms with E-state index in [1.807, 2.05) is 0 Å². The summed E-state index contributed by atoms with van der Waals surface area (Å²) in [5.74, 6) is 5.63. The number of anilines is 1. The van der Waals surface area contributed by atoms with Gasteiger partial charge in [0, 0.05) is 24.8 Å². The minimum Gasteiger partial charge on any atom is -0.480 e. The number of aliphatic hydroxyl groups excluding tert-OH is 2. The first-order chi connectivity index (χ1) is 16.9. The Hall–Kier alpha value is -2.79. The minimum absolute atomic E-state index is 0.00578. The Kier molecular flexibility index (Phi) is 11.0.